The first-order valence-electron chi connectivity index (χ1n) is 23.1. The van der Waals surface area contributed by atoms with Gasteiger partial charge in [-0.1, -0.05) is 113 Å². The summed E-state index contributed by atoms with van der Waals surface area (Å²) in [6.07, 6.45) is 10.0. The molecule has 3 aromatic carbocycles. The Bertz CT molecular complexity index is 1950. The third kappa shape index (κ3) is 11.3. The van der Waals surface area contributed by atoms with E-state index in [1.165, 1.54) is 11.1 Å². The van der Waals surface area contributed by atoms with Crippen molar-refractivity contribution in [3.05, 3.63) is 107 Å². The second kappa shape index (κ2) is 21.0. The molecule has 4 N–H and O–H groups in total. The molecule has 2 aliphatic heterocycles. The summed E-state index contributed by atoms with van der Waals surface area (Å²) in [4.78, 5) is 85.3. The van der Waals surface area contributed by atoms with Gasteiger partial charge in [0.15, 0.2) is 0 Å². The molecule has 2 saturated heterocycles. The number of amides is 6. The van der Waals surface area contributed by atoms with Gasteiger partial charge in [0.2, 0.25) is 23.6 Å². The average molecular weight is 845 g/mol. The van der Waals surface area contributed by atoms with E-state index in [0.717, 1.165) is 64.2 Å². The Balaban J connectivity index is 0.991. The fourth-order valence-electron chi connectivity index (χ4n) is 9.31. The number of benzene rings is 3. The molecule has 8 atom stereocenters. The highest BCUT2D eigenvalue weighted by atomic mass is 16.2. The highest BCUT2D eigenvalue weighted by Gasteiger charge is 2.49. The number of nitrogens with zero attached hydrogens (tertiary/aromatic N) is 2. The van der Waals surface area contributed by atoms with E-state index in [-0.39, 0.29) is 85.5 Å². The van der Waals surface area contributed by atoms with Gasteiger partial charge in [-0.3, -0.25) is 28.8 Å². The fourth-order valence-corrected chi connectivity index (χ4v) is 9.31. The highest BCUT2D eigenvalue weighted by Crippen LogP contribution is 2.42. The monoisotopic (exact) mass is 844 g/mol. The Hall–Kier alpha value is -5.52. The summed E-state index contributed by atoms with van der Waals surface area (Å²) in [6, 6.07) is 26.0. The zero-order valence-corrected chi connectivity index (χ0v) is 36.4. The van der Waals surface area contributed by atoms with Crippen LogP contribution in [0.2, 0.25) is 0 Å². The molecule has 0 unspecified atom stereocenters. The van der Waals surface area contributed by atoms with Crippen molar-refractivity contribution in [1.82, 2.24) is 31.1 Å². The second-order valence-corrected chi connectivity index (χ2v) is 17.9. The summed E-state index contributed by atoms with van der Waals surface area (Å²) >= 11 is 0. The predicted octanol–water partition coefficient (Wildman–Crippen LogP) is 5.94. The maximum absolute atomic E-state index is 14.1. The molecule has 3 aromatic rings. The van der Waals surface area contributed by atoms with Crippen molar-refractivity contribution in [2.45, 2.75) is 114 Å². The first-order chi connectivity index (χ1) is 30.1. The normalized spacial score (nSPS) is 24.9. The number of nitrogens with one attached hydrogen (secondary N) is 4. The van der Waals surface area contributed by atoms with Crippen LogP contribution in [0.1, 0.15) is 128 Å². The summed E-state index contributed by atoms with van der Waals surface area (Å²) in [5, 5.41) is 12.5. The third-order valence-electron chi connectivity index (χ3n) is 13.2. The van der Waals surface area contributed by atoms with Crippen molar-refractivity contribution >= 4 is 35.4 Å². The number of unbranched alkanes of at least 4 members (excludes halogenated alkanes) is 6. The van der Waals surface area contributed by atoms with E-state index in [1.54, 1.807) is 34.1 Å². The van der Waals surface area contributed by atoms with Crippen LogP contribution in [0.3, 0.4) is 0 Å². The minimum absolute atomic E-state index is 0.0211. The molecule has 0 aromatic heterocycles. The summed E-state index contributed by atoms with van der Waals surface area (Å²) in [7, 11) is 0. The molecule has 330 valence electrons. The SMILES string of the molecule is CCCCCCNC(=O)[C@@H]1CN(C(=O)c2ccc(C(=O)N3C[C@@H](C(=O)N[C@H]4C[C@@H]4c4ccccc4)[C@H](C(=O)N[C@H]4C[C@@H]4c4ccccc4)C3)cc2)C[C@H]1NC(=O)CCCCCC. The van der Waals surface area contributed by atoms with E-state index in [0.29, 0.717) is 24.1 Å². The summed E-state index contributed by atoms with van der Waals surface area (Å²) in [5.41, 5.74) is 3.04. The third-order valence-corrected chi connectivity index (χ3v) is 13.2. The van der Waals surface area contributed by atoms with Crippen LogP contribution in [-0.4, -0.2) is 96.1 Å². The van der Waals surface area contributed by atoms with Gasteiger partial charge in [-0.15, -0.1) is 0 Å². The number of hydrogen-bond donors (Lipinski definition) is 4. The maximum Gasteiger partial charge on any atom is 0.253 e. The molecule has 12 heteroatoms. The number of rotatable bonds is 20. The van der Waals surface area contributed by atoms with Crippen LogP contribution in [-0.2, 0) is 19.2 Å². The van der Waals surface area contributed by atoms with Crippen molar-refractivity contribution < 1.29 is 28.8 Å². The number of likely N-dealkylation sites (tertiary alicyclic amines) is 2. The Labute approximate surface area is 366 Å². The van der Waals surface area contributed by atoms with Crippen molar-refractivity contribution in [1.29, 1.82) is 0 Å². The van der Waals surface area contributed by atoms with Crippen LogP contribution in [0, 0.1) is 17.8 Å². The lowest BCUT2D eigenvalue weighted by Gasteiger charge is -2.19. The Morgan fingerprint density at radius 2 is 0.968 bits per heavy atom. The minimum atomic E-state index is -0.716. The fraction of sp³-hybridized carbons (Fsp3) is 0.520. The molecule has 2 heterocycles. The van der Waals surface area contributed by atoms with Crippen LogP contribution in [0.5, 0.6) is 0 Å². The Morgan fingerprint density at radius 3 is 1.47 bits per heavy atom. The molecule has 7 rings (SSSR count). The van der Waals surface area contributed by atoms with Crippen LogP contribution >= 0.6 is 0 Å². The molecular formula is C50H64N6O6. The Morgan fingerprint density at radius 1 is 0.500 bits per heavy atom. The highest BCUT2D eigenvalue weighted by molar-refractivity contribution is 5.99. The first kappa shape index (κ1) is 44.5. The minimum Gasteiger partial charge on any atom is -0.356 e. The lowest BCUT2D eigenvalue weighted by atomic mass is 9.94. The Kier molecular flexibility index (Phi) is 15.1. The van der Waals surface area contributed by atoms with E-state index < -0.39 is 23.8 Å². The van der Waals surface area contributed by atoms with E-state index in [9.17, 15) is 28.8 Å². The molecule has 0 radical (unpaired) electrons. The second-order valence-electron chi connectivity index (χ2n) is 17.9. The summed E-state index contributed by atoms with van der Waals surface area (Å²) in [6.45, 7) is 5.38. The molecule has 0 bridgehead atoms. The van der Waals surface area contributed by atoms with E-state index in [1.807, 2.05) is 36.4 Å². The number of carbonyl (C=O) groups is 6. The van der Waals surface area contributed by atoms with Gasteiger partial charge >= 0.3 is 0 Å². The van der Waals surface area contributed by atoms with Gasteiger partial charge in [-0.25, -0.2) is 0 Å². The topological polar surface area (TPSA) is 157 Å². The molecule has 62 heavy (non-hydrogen) atoms. The quantitative estimate of drug-likeness (QED) is 0.103. The lowest BCUT2D eigenvalue weighted by molar-refractivity contribution is -0.133. The molecule has 0 spiro atoms. The first-order valence-corrected chi connectivity index (χ1v) is 23.1. The molecule has 4 aliphatic rings. The van der Waals surface area contributed by atoms with Gasteiger partial charge in [0.25, 0.3) is 11.8 Å². The van der Waals surface area contributed by atoms with Crippen molar-refractivity contribution in [2.24, 2.45) is 17.8 Å². The van der Waals surface area contributed by atoms with Gasteiger partial charge in [0.05, 0.1) is 23.8 Å². The van der Waals surface area contributed by atoms with Crippen LogP contribution in [0.15, 0.2) is 84.9 Å². The largest absolute Gasteiger partial charge is 0.356 e. The smallest absolute Gasteiger partial charge is 0.253 e. The van der Waals surface area contributed by atoms with Crippen LogP contribution < -0.4 is 21.3 Å². The van der Waals surface area contributed by atoms with Gasteiger partial charge in [-0.2, -0.15) is 0 Å². The van der Waals surface area contributed by atoms with Gasteiger partial charge in [0, 0.05) is 74.2 Å². The lowest BCUT2D eigenvalue weighted by Crippen LogP contribution is -2.46. The zero-order valence-electron chi connectivity index (χ0n) is 36.4. The molecule has 4 fully saturated rings. The molecule has 6 amide bonds. The average Bonchev–Trinajstić information content (AvgIpc) is 4.14. The number of carbonyl (C=O) groups excluding carboxylic acids is 6. The number of hydrogen-bond acceptors (Lipinski definition) is 6. The van der Waals surface area contributed by atoms with E-state index in [4.69, 9.17) is 0 Å². The van der Waals surface area contributed by atoms with Crippen molar-refractivity contribution in [3.63, 3.8) is 0 Å². The van der Waals surface area contributed by atoms with Crippen molar-refractivity contribution in [3.8, 4) is 0 Å². The molecule has 2 aliphatic carbocycles. The van der Waals surface area contributed by atoms with E-state index in [2.05, 4.69) is 59.4 Å². The van der Waals surface area contributed by atoms with Gasteiger partial charge in [-0.05, 0) is 61.1 Å². The van der Waals surface area contributed by atoms with Crippen LogP contribution in [0.25, 0.3) is 0 Å². The van der Waals surface area contributed by atoms with Crippen LogP contribution in [0.4, 0.5) is 0 Å². The standard InChI is InChI=1S/C50H64N6O6/c1-3-5-7-15-21-45(57)52-44-32-56(31-41(44)46(58)51-26-16-8-6-4-2)50(62)36-24-22-35(23-25-36)49(61)55-29-39(47(59)53-42-27-37(42)33-17-11-9-12-18-33)40(30-55)48(60)54-43-28-38(43)34-19-13-10-14-20-34/h9-14,17-20,22-25,37-44H,3-8,15-16,21,26-32H2,1-2H3,(H,51,58)(H,52,57)(H,53,59)(H,54,60)/t37-,38-,39-,40-,41-,42+,43+,44-/m1/s1. The summed E-state index contributed by atoms with van der Waals surface area (Å²) in [5.74, 6) is -2.90. The zero-order chi connectivity index (χ0) is 43.6. The maximum atomic E-state index is 14.1. The van der Waals surface area contributed by atoms with Crippen molar-refractivity contribution in [2.75, 3.05) is 32.7 Å². The molecular weight excluding hydrogens is 781 g/mol. The molecule has 12 nitrogen and oxygen atoms in total. The van der Waals surface area contributed by atoms with E-state index >= 15 is 0 Å². The predicted molar refractivity (Wildman–Crippen MR) is 238 cm³/mol. The van der Waals surface area contributed by atoms with Gasteiger partial charge in [0.1, 0.15) is 0 Å². The summed E-state index contributed by atoms with van der Waals surface area (Å²) < 4.78 is 0. The van der Waals surface area contributed by atoms with Gasteiger partial charge < -0.3 is 31.1 Å². The molecule has 2 saturated carbocycles.